The summed E-state index contributed by atoms with van der Waals surface area (Å²) in [5, 5.41) is 13.4. The molecule has 266 valence electrons. The largest absolute Gasteiger partial charge is 0.277 e. The molecule has 3 aromatic heterocycles. The number of rotatable bonds is 2. The van der Waals surface area contributed by atoms with Crippen molar-refractivity contribution in [3.63, 3.8) is 0 Å². The second-order valence-corrected chi connectivity index (χ2v) is 17.2. The molecule has 0 saturated carbocycles. The van der Waals surface area contributed by atoms with E-state index in [2.05, 4.69) is 182 Å². The van der Waals surface area contributed by atoms with Crippen LogP contribution in [0.4, 0.5) is 0 Å². The van der Waals surface area contributed by atoms with Crippen LogP contribution in [-0.4, -0.2) is 14.5 Å². The molecule has 0 spiro atoms. The van der Waals surface area contributed by atoms with Crippen LogP contribution in [0.2, 0.25) is 0 Å². The van der Waals surface area contributed by atoms with Gasteiger partial charge in [0.15, 0.2) is 0 Å². The first kappa shape index (κ1) is 31.3. The van der Waals surface area contributed by atoms with E-state index in [0.29, 0.717) is 5.95 Å². The molecule has 0 atom stereocenters. The first-order chi connectivity index (χ1) is 28.0. The predicted octanol–water partition coefficient (Wildman–Crippen LogP) is 14.5. The normalized spacial score (nSPS) is 13.6. The van der Waals surface area contributed by atoms with E-state index in [9.17, 15) is 0 Å². The molecule has 57 heavy (non-hydrogen) atoms. The molecular formula is C53H33N3S. The second-order valence-electron chi connectivity index (χ2n) is 16.1. The Kier molecular flexibility index (Phi) is 6.12. The van der Waals surface area contributed by atoms with Crippen LogP contribution < -0.4 is 0 Å². The molecule has 0 aliphatic heterocycles. The Morgan fingerprint density at radius 3 is 2.05 bits per heavy atom. The van der Waals surface area contributed by atoms with Crippen LogP contribution in [0, 0.1) is 0 Å². The molecule has 0 bridgehead atoms. The number of thiophene rings is 1. The highest BCUT2D eigenvalue weighted by Gasteiger charge is 2.38. The van der Waals surface area contributed by atoms with Crippen molar-refractivity contribution >= 4 is 96.5 Å². The van der Waals surface area contributed by atoms with Gasteiger partial charge in [0.25, 0.3) is 0 Å². The Bertz CT molecular complexity index is 3730. The minimum absolute atomic E-state index is 0.207. The molecule has 1 aliphatic rings. The van der Waals surface area contributed by atoms with Crippen LogP contribution in [0.25, 0.3) is 113 Å². The van der Waals surface area contributed by atoms with Gasteiger partial charge in [-0.3, -0.25) is 4.57 Å². The van der Waals surface area contributed by atoms with Gasteiger partial charge in [-0.1, -0.05) is 141 Å². The van der Waals surface area contributed by atoms with E-state index in [1.54, 1.807) is 0 Å². The van der Waals surface area contributed by atoms with Gasteiger partial charge in [0.05, 0.1) is 16.6 Å². The Hall–Kier alpha value is -6.88. The molecule has 12 aromatic rings. The topological polar surface area (TPSA) is 30.7 Å². The Balaban J connectivity index is 1.17. The number of nitrogens with zero attached hydrogens (tertiary/aromatic N) is 3. The van der Waals surface area contributed by atoms with Crippen LogP contribution in [-0.2, 0) is 5.41 Å². The van der Waals surface area contributed by atoms with Gasteiger partial charge < -0.3 is 0 Å². The highest BCUT2D eigenvalue weighted by Crippen LogP contribution is 2.55. The molecule has 9 aromatic carbocycles. The average Bonchev–Trinajstić information content (AvgIpc) is 3.89. The van der Waals surface area contributed by atoms with Crippen LogP contribution in [0.1, 0.15) is 25.0 Å². The summed E-state index contributed by atoms with van der Waals surface area (Å²) in [7, 11) is 0. The lowest BCUT2D eigenvalue weighted by Gasteiger charge is -2.22. The fourth-order valence-electron chi connectivity index (χ4n) is 10.3. The van der Waals surface area contributed by atoms with Crippen molar-refractivity contribution in [1.29, 1.82) is 0 Å². The van der Waals surface area contributed by atoms with Gasteiger partial charge in [-0.2, -0.15) is 0 Å². The minimum Gasteiger partial charge on any atom is -0.277 e. The van der Waals surface area contributed by atoms with Gasteiger partial charge >= 0.3 is 0 Å². The fraction of sp³-hybridized carbons (Fsp3) is 0.0566. The molecule has 0 fully saturated rings. The van der Waals surface area contributed by atoms with E-state index in [1.165, 1.54) is 80.3 Å². The van der Waals surface area contributed by atoms with E-state index in [-0.39, 0.29) is 5.41 Å². The lowest BCUT2D eigenvalue weighted by molar-refractivity contribution is 0.666. The maximum atomic E-state index is 5.64. The van der Waals surface area contributed by atoms with Crippen molar-refractivity contribution in [3.05, 3.63) is 175 Å². The third kappa shape index (κ3) is 4.10. The Labute approximate surface area is 332 Å². The van der Waals surface area contributed by atoms with Crippen LogP contribution in [0.3, 0.4) is 0 Å². The zero-order valence-corrected chi connectivity index (χ0v) is 32.2. The molecule has 13 rings (SSSR count). The van der Waals surface area contributed by atoms with Gasteiger partial charge in [-0.25, -0.2) is 9.97 Å². The molecule has 1 aliphatic carbocycles. The van der Waals surface area contributed by atoms with E-state index in [0.717, 1.165) is 38.3 Å². The molecular weight excluding hydrogens is 711 g/mol. The van der Waals surface area contributed by atoms with Crippen molar-refractivity contribution in [2.24, 2.45) is 0 Å². The van der Waals surface area contributed by atoms with Crippen molar-refractivity contribution in [2.75, 3.05) is 0 Å². The first-order valence-corrected chi connectivity index (χ1v) is 20.5. The van der Waals surface area contributed by atoms with E-state index in [1.807, 2.05) is 11.3 Å². The van der Waals surface area contributed by atoms with Gasteiger partial charge in [-0.05, 0) is 85.3 Å². The second kappa shape index (κ2) is 11.1. The van der Waals surface area contributed by atoms with Crippen molar-refractivity contribution < 1.29 is 0 Å². The summed E-state index contributed by atoms with van der Waals surface area (Å²) >= 11 is 1.85. The average molecular weight is 744 g/mol. The quantitative estimate of drug-likeness (QED) is 0.165. The van der Waals surface area contributed by atoms with Crippen LogP contribution in [0.15, 0.2) is 164 Å². The van der Waals surface area contributed by atoms with Crippen LogP contribution in [0.5, 0.6) is 0 Å². The maximum absolute atomic E-state index is 5.64. The van der Waals surface area contributed by atoms with Gasteiger partial charge in [-0.15, -0.1) is 11.3 Å². The van der Waals surface area contributed by atoms with E-state index >= 15 is 0 Å². The summed E-state index contributed by atoms with van der Waals surface area (Å²) in [6.07, 6.45) is 2.07. The first-order valence-electron chi connectivity index (χ1n) is 19.7. The molecule has 0 unspecified atom stereocenters. The standard InChI is InChI=1S/C53H33N3S/c1-53(2)43-21-11-9-17-35(43)38-24-25-44-48(49(38)53)47-37-19-7-5-15-33(37)34-16-6-8-20-39(34)51(47)56(44)52-54-29-42-40(27-30-13-3-4-14-32(30)50(42)55-52)31-23-26-46-41(28-31)36-18-10-12-22-45(36)57-46/h3-29H,1-2H3. The maximum Gasteiger partial charge on any atom is 0.235 e. The SMILES string of the molecule is CC1(C)c2ccccc2-c2ccc3c(c21)c1c2ccccc2c2ccccc2c1n3-c1ncc2c(-c3ccc4sc5ccccc5c4c3)cc3ccccc3c2n1. The van der Waals surface area contributed by atoms with Gasteiger partial charge in [0.2, 0.25) is 5.95 Å². The van der Waals surface area contributed by atoms with E-state index in [4.69, 9.17) is 9.97 Å². The zero-order valence-electron chi connectivity index (χ0n) is 31.3. The molecule has 0 N–H and O–H groups in total. The number of benzene rings is 9. The molecule has 0 radical (unpaired) electrons. The smallest absolute Gasteiger partial charge is 0.235 e. The van der Waals surface area contributed by atoms with Gasteiger partial charge in [0.1, 0.15) is 0 Å². The Morgan fingerprint density at radius 2 is 1.19 bits per heavy atom. The molecule has 3 heterocycles. The molecule has 0 saturated heterocycles. The summed E-state index contributed by atoms with van der Waals surface area (Å²) in [6.45, 7) is 4.78. The van der Waals surface area contributed by atoms with Crippen LogP contribution >= 0.6 is 11.3 Å². The summed E-state index contributed by atoms with van der Waals surface area (Å²) in [4.78, 5) is 11.0. The van der Waals surface area contributed by atoms with Crippen molar-refractivity contribution in [1.82, 2.24) is 14.5 Å². The highest BCUT2D eigenvalue weighted by molar-refractivity contribution is 7.25. The highest BCUT2D eigenvalue weighted by atomic mass is 32.1. The van der Waals surface area contributed by atoms with Gasteiger partial charge in [0, 0.05) is 58.7 Å². The fourth-order valence-corrected chi connectivity index (χ4v) is 11.4. The number of hydrogen-bond donors (Lipinski definition) is 0. The molecule has 0 amide bonds. The summed E-state index contributed by atoms with van der Waals surface area (Å²) < 4.78 is 4.97. The third-order valence-electron chi connectivity index (χ3n) is 12.8. The summed E-state index contributed by atoms with van der Waals surface area (Å²) in [6, 6.07) is 58.0. The monoisotopic (exact) mass is 743 g/mol. The van der Waals surface area contributed by atoms with E-state index < -0.39 is 0 Å². The number of aromatic nitrogens is 3. The molecule has 4 heteroatoms. The lowest BCUT2D eigenvalue weighted by Crippen LogP contribution is -2.15. The zero-order chi connectivity index (χ0) is 37.6. The molecule has 3 nitrogen and oxygen atoms in total. The lowest BCUT2D eigenvalue weighted by atomic mass is 9.80. The summed E-state index contributed by atoms with van der Waals surface area (Å²) in [5.41, 5.74) is 10.7. The van der Waals surface area contributed by atoms with Crippen molar-refractivity contribution in [3.8, 4) is 28.2 Å². The minimum atomic E-state index is -0.207. The summed E-state index contributed by atoms with van der Waals surface area (Å²) in [5.74, 6) is 0.679. The van der Waals surface area contributed by atoms with Crippen molar-refractivity contribution in [2.45, 2.75) is 19.3 Å². The number of hydrogen-bond acceptors (Lipinski definition) is 3. The predicted molar refractivity (Wildman–Crippen MR) is 242 cm³/mol. The number of fused-ring (bicyclic) bond motifs is 18. The Morgan fingerprint density at radius 1 is 0.509 bits per heavy atom. The third-order valence-corrected chi connectivity index (χ3v) is 13.9.